The Kier molecular flexibility index (Phi) is 4.24. The van der Waals surface area contributed by atoms with Gasteiger partial charge in [0.05, 0.1) is 11.9 Å². The van der Waals surface area contributed by atoms with Crippen LogP contribution in [0.4, 0.5) is 5.69 Å². The van der Waals surface area contributed by atoms with Gasteiger partial charge in [-0.15, -0.1) is 11.8 Å². The zero-order chi connectivity index (χ0) is 14.7. The fourth-order valence-electron chi connectivity index (χ4n) is 2.27. The second-order valence-corrected chi connectivity index (χ2v) is 5.59. The number of hydrogen-bond acceptors (Lipinski definition) is 5. The lowest BCUT2D eigenvalue weighted by molar-refractivity contribution is 0.171. The highest BCUT2D eigenvalue weighted by Gasteiger charge is 2.15. The molecule has 0 radical (unpaired) electrons. The lowest BCUT2D eigenvalue weighted by atomic mass is 10.2. The van der Waals surface area contributed by atoms with Crippen molar-refractivity contribution >= 4 is 17.4 Å². The Labute approximate surface area is 128 Å². The van der Waals surface area contributed by atoms with Gasteiger partial charge in [-0.05, 0) is 30.9 Å². The summed E-state index contributed by atoms with van der Waals surface area (Å²) < 4.78 is 13.2. The summed E-state index contributed by atoms with van der Waals surface area (Å²) >= 11 is 1.72. The van der Waals surface area contributed by atoms with E-state index in [0.717, 1.165) is 30.3 Å². The van der Waals surface area contributed by atoms with Crippen molar-refractivity contribution in [2.24, 2.45) is 0 Å². The van der Waals surface area contributed by atoms with Crippen LogP contribution in [-0.2, 0) is 13.1 Å². The SMILES string of the molecule is CCn1cc(NCc2cc3c(cc2SC)OCCO3)cn1. The maximum Gasteiger partial charge on any atom is 0.162 e. The normalized spacial score (nSPS) is 13.2. The molecule has 0 bridgehead atoms. The Balaban J connectivity index is 1.77. The van der Waals surface area contributed by atoms with Crippen LogP contribution in [0.2, 0.25) is 0 Å². The van der Waals surface area contributed by atoms with Gasteiger partial charge >= 0.3 is 0 Å². The van der Waals surface area contributed by atoms with Gasteiger partial charge in [0, 0.05) is 24.2 Å². The van der Waals surface area contributed by atoms with E-state index in [1.54, 1.807) is 11.8 Å². The summed E-state index contributed by atoms with van der Waals surface area (Å²) in [6.45, 7) is 4.92. The van der Waals surface area contributed by atoms with E-state index >= 15 is 0 Å². The second-order valence-electron chi connectivity index (χ2n) is 4.75. The monoisotopic (exact) mass is 305 g/mol. The summed E-state index contributed by atoms with van der Waals surface area (Å²) in [5, 5.41) is 7.67. The number of ether oxygens (including phenoxy) is 2. The lowest BCUT2D eigenvalue weighted by Crippen LogP contribution is -2.16. The molecule has 2 heterocycles. The summed E-state index contributed by atoms with van der Waals surface area (Å²) in [6.07, 6.45) is 5.93. The van der Waals surface area contributed by atoms with Crippen LogP contribution in [0.5, 0.6) is 11.5 Å². The van der Waals surface area contributed by atoms with E-state index in [1.165, 1.54) is 10.5 Å². The van der Waals surface area contributed by atoms with E-state index < -0.39 is 0 Å². The Bertz CT molecular complexity index is 627. The molecule has 0 spiro atoms. The lowest BCUT2D eigenvalue weighted by Gasteiger charge is -2.21. The number of fused-ring (bicyclic) bond motifs is 1. The highest BCUT2D eigenvalue weighted by atomic mass is 32.2. The van der Waals surface area contributed by atoms with Crippen LogP contribution in [-0.4, -0.2) is 29.3 Å². The Morgan fingerprint density at radius 2 is 2.05 bits per heavy atom. The van der Waals surface area contributed by atoms with E-state index in [1.807, 2.05) is 17.1 Å². The van der Waals surface area contributed by atoms with Crippen LogP contribution in [0.25, 0.3) is 0 Å². The predicted molar refractivity (Wildman–Crippen MR) is 84.4 cm³/mol. The third-order valence-corrected chi connectivity index (χ3v) is 4.21. The minimum atomic E-state index is 0.613. The number of anilines is 1. The van der Waals surface area contributed by atoms with Crippen molar-refractivity contribution in [3.8, 4) is 11.5 Å². The molecule has 3 rings (SSSR count). The van der Waals surface area contributed by atoms with Crippen molar-refractivity contribution in [2.45, 2.75) is 24.9 Å². The number of rotatable bonds is 5. The molecule has 0 amide bonds. The average molecular weight is 305 g/mol. The molecule has 21 heavy (non-hydrogen) atoms. The molecule has 0 saturated carbocycles. The first-order valence-electron chi connectivity index (χ1n) is 7.03. The Hall–Kier alpha value is -1.82. The van der Waals surface area contributed by atoms with Gasteiger partial charge in [-0.2, -0.15) is 5.10 Å². The Morgan fingerprint density at radius 1 is 1.29 bits per heavy atom. The number of thioether (sulfide) groups is 1. The van der Waals surface area contributed by atoms with Crippen molar-refractivity contribution in [1.82, 2.24) is 9.78 Å². The minimum absolute atomic E-state index is 0.613. The zero-order valence-electron chi connectivity index (χ0n) is 12.3. The van der Waals surface area contributed by atoms with Gasteiger partial charge in [0.2, 0.25) is 0 Å². The van der Waals surface area contributed by atoms with Crippen LogP contribution in [0.15, 0.2) is 29.4 Å². The molecule has 1 N–H and O–H groups in total. The summed E-state index contributed by atoms with van der Waals surface area (Å²) in [5.41, 5.74) is 2.23. The van der Waals surface area contributed by atoms with Crippen molar-refractivity contribution in [1.29, 1.82) is 0 Å². The van der Waals surface area contributed by atoms with E-state index in [9.17, 15) is 0 Å². The molecule has 2 aromatic rings. The fraction of sp³-hybridized carbons (Fsp3) is 0.400. The maximum atomic E-state index is 5.66. The van der Waals surface area contributed by atoms with E-state index in [2.05, 4.69) is 35.7 Å². The number of aryl methyl sites for hydroxylation is 1. The van der Waals surface area contributed by atoms with Crippen LogP contribution < -0.4 is 14.8 Å². The smallest absolute Gasteiger partial charge is 0.162 e. The van der Waals surface area contributed by atoms with Gasteiger partial charge in [0.25, 0.3) is 0 Å². The third kappa shape index (κ3) is 3.10. The minimum Gasteiger partial charge on any atom is -0.486 e. The van der Waals surface area contributed by atoms with E-state index in [4.69, 9.17) is 9.47 Å². The number of nitrogens with zero attached hydrogens (tertiary/aromatic N) is 2. The standard InChI is InChI=1S/C15H19N3O2S/c1-3-18-10-12(9-17-18)16-8-11-6-13-14(7-15(11)21-2)20-5-4-19-13/h6-7,9-10,16H,3-5,8H2,1-2H3. The van der Waals surface area contributed by atoms with Gasteiger partial charge in [0.15, 0.2) is 11.5 Å². The average Bonchev–Trinajstić information content (AvgIpc) is 3.00. The molecule has 1 aromatic heterocycles. The molecule has 6 heteroatoms. The summed E-state index contributed by atoms with van der Waals surface area (Å²) in [5.74, 6) is 1.67. The van der Waals surface area contributed by atoms with E-state index in [-0.39, 0.29) is 0 Å². The topological polar surface area (TPSA) is 48.3 Å². The molecular formula is C15H19N3O2S. The van der Waals surface area contributed by atoms with Crippen molar-refractivity contribution in [2.75, 3.05) is 24.8 Å². The molecule has 0 saturated heterocycles. The number of hydrogen-bond donors (Lipinski definition) is 1. The van der Waals surface area contributed by atoms with Gasteiger partial charge in [-0.25, -0.2) is 0 Å². The van der Waals surface area contributed by atoms with Crippen LogP contribution in [0.3, 0.4) is 0 Å². The molecule has 1 aliphatic rings. The molecule has 1 aromatic carbocycles. The number of benzene rings is 1. The molecular weight excluding hydrogens is 286 g/mol. The van der Waals surface area contributed by atoms with Gasteiger partial charge in [0.1, 0.15) is 13.2 Å². The quantitative estimate of drug-likeness (QED) is 0.861. The van der Waals surface area contributed by atoms with Crippen LogP contribution in [0, 0.1) is 0 Å². The largest absolute Gasteiger partial charge is 0.486 e. The fourth-order valence-corrected chi connectivity index (χ4v) is 2.88. The van der Waals surface area contributed by atoms with Gasteiger partial charge in [-0.1, -0.05) is 0 Å². The molecule has 1 aliphatic heterocycles. The molecule has 0 atom stereocenters. The number of aromatic nitrogens is 2. The predicted octanol–water partition coefficient (Wildman–Crippen LogP) is 3.01. The zero-order valence-corrected chi connectivity index (χ0v) is 13.1. The van der Waals surface area contributed by atoms with Crippen molar-refractivity contribution < 1.29 is 9.47 Å². The molecule has 0 aliphatic carbocycles. The highest BCUT2D eigenvalue weighted by molar-refractivity contribution is 7.98. The summed E-state index contributed by atoms with van der Waals surface area (Å²) in [7, 11) is 0. The van der Waals surface area contributed by atoms with Crippen LogP contribution in [0.1, 0.15) is 12.5 Å². The van der Waals surface area contributed by atoms with Gasteiger partial charge in [-0.3, -0.25) is 4.68 Å². The maximum absolute atomic E-state index is 5.66. The van der Waals surface area contributed by atoms with Crippen LogP contribution >= 0.6 is 11.8 Å². The van der Waals surface area contributed by atoms with E-state index in [0.29, 0.717) is 13.2 Å². The molecule has 112 valence electrons. The summed E-state index contributed by atoms with van der Waals surface area (Å²) in [4.78, 5) is 1.20. The number of nitrogens with one attached hydrogen (secondary N) is 1. The molecule has 0 unspecified atom stereocenters. The molecule has 5 nitrogen and oxygen atoms in total. The van der Waals surface area contributed by atoms with Crippen molar-refractivity contribution in [3.05, 3.63) is 30.1 Å². The Morgan fingerprint density at radius 3 is 2.71 bits per heavy atom. The third-order valence-electron chi connectivity index (χ3n) is 3.39. The first kappa shape index (κ1) is 14.1. The first-order valence-corrected chi connectivity index (χ1v) is 8.25. The highest BCUT2D eigenvalue weighted by Crippen LogP contribution is 2.36. The summed E-state index contributed by atoms with van der Waals surface area (Å²) in [6, 6.07) is 4.13. The molecule has 0 fully saturated rings. The van der Waals surface area contributed by atoms with Gasteiger partial charge < -0.3 is 14.8 Å². The second kappa shape index (κ2) is 6.30. The first-order chi connectivity index (χ1) is 10.3. The van der Waals surface area contributed by atoms with Crippen molar-refractivity contribution in [3.63, 3.8) is 0 Å².